The highest BCUT2D eigenvalue weighted by Crippen LogP contribution is 2.32. The van der Waals surface area contributed by atoms with Crippen LogP contribution in [0.2, 0.25) is 0 Å². The molecular weight excluding hydrogens is 310 g/mol. The van der Waals surface area contributed by atoms with Gasteiger partial charge in [0, 0.05) is 19.5 Å². The van der Waals surface area contributed by atoms with E-state index >= 15 is 0 Å². The summed E-state index contributed by atoms with van der Waals surface area (Å²) in [5.74, 6) is -0.0693. The zero-order valence-corrected chi connectivity index (χ0v) is 15.0. The van der Waals surface area contributed by atoms with Gasteiger partial charge in [0.25, 0.3) is 0 Å². The highest BCUT2D eigenvalue weighted by atomic mass is 16.5. The third kappa shape index (κ3) is 4.70. The number of benzene rings is 2. The molecule has 132 valence electrons. The molecule has 0 saturated carbocycles. The molecule has 0 fully saturated rings. The van der Waals surface area contributed by atoms with E-state index in [9.17, 15) is 4.79 Å². The Hall–Kier alpha value is -2.13. The fraction of sp³-hybridized carbons (Fsp3) is 0.409. The third-order valence-electron chi connectivity index (χ3n) is 4.77. The molecule has 2 aromatic rings. The van der Waals surface area contributed by atoms with Gasteiger partial charge in [-0.2, -0.15) is 0 Å². The maximum absolute atomic E-state index is 11.4. The number of hydrogen-bond donors (Lipinski definition) is 0. The molecule has 1 heterocycles. The van der Waals surface area contributed by atoms with E-state index < -0.39 is 0 Å². The van der Waals surface area contributed by atoms with Crippen molar-refractivity contribution in [1.29, 1.82) is 0 Å². The number of ether oxygens (including phenoxy) is 1. The molecule has 1 aliphatic rings. The molecule has 0 aliphatic carbocycles. The van der Waals surface area contributed by atoms with Crippen molar-refractivity contribution in [1.82, 2.24) is 4.90 Å². The fourth-order valence-electron chi connectivity index (χ4n) is 3.55. The fourth-order valence-corrected chi connectivity index (χ4v) is 3.55. The van der Waals surface area contributed by atoms with Crippen LogP contribution in [0.1, 0.15) is 43.7 Å². The first kappa shape index (κ1) is 17.7. The largest absolute Gasteiger partial charge is 0.466 e. The molecular formula is C22H27NO2. The lowest BCUT2D eigenvalue weighted by molar-refractivity contribution is -0.143. The Bertz CT molecular complexity index is 663. The minimum absolute atomic E-state index is 0.0693. The molecule has 3 rings (SSSR count). The second-order valence-corrected chi connectivity index (χ2v) is 6.64. The molecule has 0 unspecified atom stereocenters. The van der Waals surface area contributed by atoms with Gasteiger partial charge in [-0.3, -0.25) is 9.69 Å². The summed E-state index contributed by atoms with van der Waals surface area (Å²) in [5, 5.41) is 0. The van der Waals surface area contributed by atoms with Gasteiger partial charge in [0.15, 0.2) is 0 Å². The second-order valence-electron chi connectivity index (χ2n) is 6.64. The van der Waals surface area contributed by atoms with E-state index in [1.807, 2.05) is 6.92 Å². The number of rotatable bonds is 7. The normalized spacial score (nSPS) is 13.6. The molecule has 0 spiro atoms. The Morgan fingerprint density at radius 3 is 2.12 bits per heavy atom. The molecule has 3 nitrogen and oxygen atoms in total. The van der Waals surface area contributed by atoms with E-state index in [4.69, 9.17) is 4.74 Å². The average molecular weight is 337 g/mol. The van der Waals surface area contributed by atoms with Gasteiger partial charge in [-0.15, -0.1) is 0 Å². The summed E-state index contributed by atoms with van der Waals surface area (Å²) >= 11 is 0. The van der Waals surface area contributed by atoms with Gasteiger partial charge in [-0.05, 0) is 48.6 Å². The first-order chi connectivity index (χ1) is 12.3. The number of fused-ring (bicyclic) bond motifs is 3. The van der Waals surface area contributed by atoms with Crippen molar-refractivity contribution in [3.63, 3.8) is 0 Å². The standard InChI is InChI=1S/C22H27NO2/c1-2-25-22(24)14-4-3-9-15-23-16-18-10-5-7-12-20(18)21-13-8-6-11-19(21)17-23/h5-8,10-13H,2-4,9,14-17H2,1H3. The van der Waals surface area contributed by atoms with Crippen LogP contribution in [-0.2, 0) is 22.6 Å². The molecule has 0 atom stereocenters. The molecule has 0 bridgehead atoms. The van der Waals surface area contributed by atoms with Gasteiger partial charge < -0.3 is 4.74 Å². The van der Waals surface area contributed by atoms with E-state index in [0.717, 1.165) is 38.9 Å². The summed E-state index contributed by atoms with van der Waals surface area (Å²) in [4.78, 5) is 13.9. The molecule has 0 saturated heterocycles. The maximum atomic E-state index is 11.4. The highest BCUT2D eigenvalue weighted by Gasteiger charge is 2.18. The number of esters is 1. The van der Waals surface area contributed by atoms with Gasteiger partial charge in [-0.25, -0.2) is 0 Å². The molecule has 1 aliphatic heterocycles. The molecule has 3 heteroatoms. The SMILES string of the molecule is CCOC(=O)CCCCCN1Cc2ccccc2-c2ccccc2C1. The van der Waals surface area contributed by atoms with Crippen LogP contribution >= 0.6 is 0 Å². The topological polar surface area (TPSA) is 29.5 Å². The van der Waals surface area contributed by atoms with E-state index in [1.54, 1.807) is 0 Å². The van der Waals surface area contributed by atoms with Gasteiger partial charge >= 0.3 is 5.97 Å². The summed E-state index contributed by atoms with van der Waals surface area (Å²) in [7, 11) is 0. The van der Waals surface area contributed by atoms with Crippen LogP contribution < -0.4 is 0 Å². The third-order valence-corrected chi connectivity index (χ3v) is 4.77. The summed E-state index contributed by atoms with van der Waals surface area (Å²) in [5.41, 5.74) is 5.53. The van der Waals surface area contributed by atoms with Crippen molar-refractivity contribution in [2.75, 3.05) is 13.2 Å². The van der Waals surface area contributed by atoms with Crippen molar-refractivity contribution < 1.29 is 9.53 Å². The van der Waals surface area contributed by atoms with Crippen LogP contribution in [-0.4, -0.2) is 24.0 Å². The summed E-state index contributed by atoms with van der Waals surface area (Å²) in [6.07, 6.45) is 3.64. The lowest BCUT2D eigenvalue weighted by atomic mass is 9.97. The first-order valence-corrected chi connectivity index (χ1v) is 9.32. The van der Waals surface area contributed by atoms with Crippen molar-refractivity contribution in [3.05, 3.63) is 59.7 Å². The van der Waals surface area contributed by atoms with E-state index in [-0.39, 0.29) is 5.97 Å². The zero-order chi connectivity index (χ0) is 17.5. The smallest absolute Gasteiger partial charge is 0.305 e. The molecule has 0 N–H and O–H groups in total. The Morgan fingerprint density at radius 1 is 0.920 bits per heavy atom. The number of carbonyl (C=O) groups excluding carboxylic acids is 1. The Balaban J connectivity index is 1.59. The van der Waals surface area contributed by atoms with Crippen LogP contribution in [0.5, 0.6) is 0 Å². The molecule has 2 aromatic carbocycles. The van der Waals surface area contributed by atoms with Gasteiger partial charge in [0.05, 0.1) is 6.61 Å². The van der Waals surface area contributed by atoms with E-state index in [2.05, 4.69) is 53.4 Å². The summed E-state index contributed by atoms with van der Waals surface area (Å²) in [6, 6.07) is 17.5. The summed E-state index contributed by atoms with van der Waals surface area (Å²) in [6.45, 7) is 5.37. The average Bonchev–Trinajstić information content (AvgIpc) is 2.78. The lowest BCUT2D eigenvalue weighted by Crippen LogP contribution is -2.23. The number of nitrogens with zero attached hydrogens (tertiary/aromatic N) is 1. The van der Waals surface area contributed by atoms with Crippen molar-refractivity contribution >= 4 is 5.97 Å². The van der Waals surface area contributed by atoms with Gasteiger partial charge in [-0.1, -0.05) is 55.0 Å². The molecule has 0 radical (unpaired) electrons. The van der Waals surface area contributed by atoms with Crippen LogP contribution in [0.15, 0.2) is 48.5 Å². The van der Waals surface area contributed by atoms with E-state index in [0.29, 0.717) is 13.0 Å². The maximum Gasteiger partial charge on any atom is 0.305 e. The minimum atomic E-state index is -0.0693. The zero-order valence-electron chi connectivity index (χ0n) is 15.0. The Labute approximate surface area is 150 Å². The number of hydrogen-bond acceptors (Lipinski definition) is 3. The van der Waals surface area contributed by atoms with Gasteiger partial charge in [0.2, 0.25) is 0 Å². The van der Waals surface area contributed by atoms with Crippen LogP contribution in [0, 0.1) is 0 Å². The minimum Gasteiger partial charge on any atom is -0.466 e. The van der Waals surface area contributed by atoms with Crippen molar-refractivity contribution in [2.24, 2.45) is 0 Å². The first-order valence-electron chi connectivity index (χ1n) is 9.32. The van der Waals surface area contributed by atoms with Gasteiger partial charge in [0.1, 0.15) is 0 Å². The summed E-state index contributed by atoms with van der Waals surface area (Å²) < 4.78 is 4.98. The molecule has 25 heavy (non-hydrogen) atoms. The monoisotopic (exact) mass is 337 g/mol. The quantitative estimate of drug-likeness (QED) is 0.537. The predicted molar refractivity (Wildman–Crippen MR) is 101 cm³/mol. The van der Waals surface area contributed by atoms with Crippen LogP contribution in [0.3, 0.4) is 0 Å². The second kappa shape index (κ2) is 8.82. The highest BCUT2D eigenvalue weighted by molar-refractivity contribution is 5.71. The number of unbranched alkanes of at least 4 members (excludes halogenated alkanes) is 2. The molecule has 0 amide bonds. The predicted octanol–water partition coefficient (Wildman–Crippen LogP) is 4.79. The van der Waals surface area contributed by atoms with Crippen LogP contribution in [0.25, 0.3) is 11.1 Å². The lowest BCUT2D eigenvalue weighted by Gasteiger charge is -2.21. The Kier molecular flexibility index (Phi) is 6.24. The molecule has 0 aromatic heterocycles. The number of carbonyl (C=O) groups is 1. The van der Waals surface area contributed by atoms with E-state index in [1.165, 1.54) is 22.3 Å². The Morgan fingerprint density at radius 2 is 1.52 bits per heavy atom. The van der Waals surface area contributed by atoms with Crippen molar-refractivity contribution in [2.45, 2.75) is 45.7 Å². The van der Waals surface area contributed by atoms with Crippen molar-refractivity contribution in [3.8, 4) is 11.1 Å². The van der Waals surface area contributed by atoms with Crippen LogP contribution in [0.4, 0.5) is 0 Å².